The smallest absolute Gasteiger partial charge is 0.143 e. The molecule has 11 aromatic rings. The van der Waals surface area contributed by atoms with Crippen LogP contribution in [0, 0.1) is 0 Å². The molecule has 1 heterocycles. The van der Waals surface area contributed by atoms with Crippen LogP contribution in [-0.4, -0.2) is 0 Å². The lowest BCUT2D eigenvalue weighted by atomic mass is 9.83. The largest absolute Gasteiger partial charge is 0.455 e. The van der Waals surface area contributed by atoms with E-state index in [4.69, 9.17) is 4.42 Å². The summed E-state index contributed by atoms with van der Waals surface area (Å²) in [5, 5.41) is 14.6. The van der Waals surface area contributed by atoms with Gasteiger partial charge in [-0.1, -0.05) is 170 Å². The van der Waals surface area contributed by atoms with Crippen LogP contribution in [0.15, 0.2) is 186 Å². The van der Waals surface area contributed by atoms with Crippen molar-refractivity contribution in [3.63, 3.8) is 0 Å². The molecule has 0 N–H and O–H groups in total. The summed E-state index contributed by atoms with van der Waals surface area (Å²) in [4.78, 5) is 0. The zero-order valence-corrected chi connectivity index (χ0v) is 27.7. The van der Waals surface area contributed by atoms with Gasteiger partial charge in [-0.05, 0) is 94.0 Å². The SMILES string of the molecule is c1ccc2c(-c3ccc(-c4c5ccccc5c(-c5cccc6oc7c8ccccc8ccc7c56)c5ccccc45)c4ccccc34)cccc2c1. The molecule has 0 amide bonds. The lowest BCUT2D eigenvalue weighted by Crippen LogP contribution is -1.93. The third-order valence-electron chi connectivity index (χ3n) is 10.9. The van der Waals surface area contributed by atoms with Gasteiger partial charge in [-0.3, -0.25) is 0 Å². The van der Waals surface area contributed by atoms with E-state index in [1.807, 2.05) is 0 Å². The van der Waals surface area contributed by atoms with Crippen molar-refractivity contribution < 1.29 is 4.42 Å². The van der Waals surface area contributed by atoms with Gasteiger partial charge >= 0.3 is 0 Å². The lowest BCUT2D eigenvalue weighted by molar-refractivity contribution is 0.673. The van der Waals surface area contributed by atoms with Crippen LogP contribution in [0.2, 0.25) is 0 Å². The van der Waals surface area contributed by atoms with E-state index >= 15 is 0 Å². The summed E-state index contributed by atoms with van der Waals surface area (Å²) in [5.41, 5.74) is 9.30. The van der Waals surface area contributed by atoms with Gasteiger partial charge in [0.1, 0.15) is 11.2 Å². The highest BCUT2D eigenvalue weighted by molar-refractivity contribution is 6.28. The topological polar surface area (TPSA) is 13.1 Å². The van der Waals surface area contributed by atoms with E-state index in [1.54, 1.807) is 0 Å². The van der Waals surface area contributed by atoms with Crippen LogP contribution in [0.4, 0.5) is 0 Å². The fourth-order valence-corrected chi connectivity index (χ4v) is 8.68. The molecule has 0 saturated heterocycles. The van der Waals surface area contributed by atoms with Crippen molar-refractivity contribution in [2.24, 2.45) is 0 Å². The van der Waals surface area contributed by atoms with Gasteiger partial charge in [0.05, 0.1) is 0 Å². The van der Waals surface area contributed by atoms with Crippen molar-refractivity contribution in [1.29, 1.82) is 0 Å². The standard InChI is InChI=1S/C50H30O/c1-3-16-33-31(13-1)15-11-24-35(33)38-29-30-43(37-19-6-5-18-36(37)38)47-39-20-7-9-22-41(39)48(42-23-10-8-21-40(42)47)44-25-12-26-46-49(44)45-28-27-32-14-2-4-17-34(32)50(45)51-46/h1-30H. The van der Waals surface area contributed by atoms with Crippen molar-refractivity contribution in [2.75, 3.05) is 0 Å². The van der Waals surface area contributed by atoms with E-state index in [9.17, 15) is 0 Å². The van der Waals surface area contributed by atoms with Crippen LogP contribution in [0.25, 0.3) is 109 Å². The molecule has 1 nitrogen and oxygen atoms in total. The number of fused-ring (bicyclic) bond motifs is 9. The number of furan rings is 1. The van der Waals surface area contributed by atoms with Gasteiger partial charge in [0, 0.05) is 16.2 Å². The molecule has 11 rings (SSSR count). The number of rotatable bonds is 3. The minimum Gasteiger partial charge on any atom is -0.455 e. The Labute approximate surface area is 294 Å². The number of benzene rings is 10. The van der Waals surface area contributed by atoms with Gasteiger partial charge < -0.3 is 4.42 Å². The first kappa shape index (κ1) is 28.2. The third kappa shape index (κ3) is 4.09. The maximum Gasteiger partial charge on any atom is 0.143 e. The first-order chi connectivity index (χ1) is 25.3. The predicted octanol–water partition coefficient (Wildman–Crippen LogP) is 14.4. The Morgan fingerprint density at radius 2 is 0.706 bits per heavy atom. The number of hydrogen-bond acceptors (Lipinski definition) is 1. The molecule has 0 aliphatic carbocycles. The van der Waals surface area contributed by atoms with E-state index in [-0.39, 0.29) is 0 Å². The van der Waals surface area contributed by atoms with E-state index in [2.05, 4.69) is 182 Å². The second-order valence-corrected chi connectivity index (χ2v) is 13.5. The highest BCUT2D eigenvalue weighted by Crippen LogP contribution is 2.49. The van der Waals surface area contributed by atoms with E-state index in [0.29, 0.717) is 0 Å². The molecule has 0 radical (unpaired) electrons. The second-order valence-electron chi connectivity index (χ2n) is 13.5. The molecule has 0 spiro atoms. The highest BCUT2D eigenvalue weighted by Gasteiger charge is 2.22. The summed E-state index contributed by atoms with van der Waals surface area (Å²) in [7, 11) is 0. The van der Waals surface area contributed by atoms with Crippen LogP contribution in [-0.2, 0) is 0 Å². The predicted molar refractivity (Wildman–Crippen MR) is 218 cm³/mol. The first-order valence-corrected chi connectivity index (χ1v) is 17.6. The summed E-state index contributed by atoms with van der Waals surface area (Å²) in [6.07, 6.45) is 0. The van der Waals surface area contributed by atoms with Crippen LogP contribution in [0.5, 0.6) is 0 Å². The summed E-state index contributed by atoms with van der Waals surface area (Å²) < 4.78 is 6.67. The summed E-state index contributed by atoms with van der Waals surface area (Å²) in [6.45, 7) is 0. The Hall–Kier alpha value is -6.70. The maximum absolute atomic E-state index is 6.67. The molecule has 236 valence electrons. The van der Waals surface area contributed by atoms with Crippen molar-refractivity contribution in [1.82, 2.24) is 0 Å². The number of hydrogen-bond donors (Lipinski definition) is 0. The molecule has 0 aliphatic heterocycles. The normalized spacial score (nSPS) is 11.9. The molecule has 10 aromatic carbocycles. The van der Waals surface area contributed by atoms with Crippen molar-refractivity contribution in [3.05, 3.63) is 182 Å². The Morgan fingerprint density at radius 1 is 0.255 bits per heavy atom. The Balaban J connectivity index is 1.23. The molecule has 0 atom stereocenters. The van der Waals surface area contributed by atoms with Crippen molar-refractivity contribution in [2.45, 2.75) is 0 Å². The molecule has 1 heteroatoms. The van der Waals surface area contributed by atoms with E-state index in [0.717, 1.165) is 27.3 Å². The summed E-state index contributed by atoms with van der Waals surface area (Å²) >= 11 is 0. The molecule has 0 bridgehead atoms. The van der Waals surface area contributed by atoms with E-state index < -0.39 is 0 Å². The molecule has 0 aliphatic rings. The van der Waals surface area contributed by atoms with Crippen LogP contribution >= 0.6 is 0 Å². The van der Waals surface area contributed by atoms with Gasteiger partial charge in [-0.15, -0.1) is 0 Å². The molecule has 0 fully saturated rings. The van der Waals surface area contributed by atoms with Gasteiger partial charge in [-0.25, -0.2) is 0 Å². The zero-order chi connectivity index (χ0) is 33.5. The Morgan fingerprint density at radius 3 is 1.39 bits per heavy atom. The van der Waals surface area contributed by atoms with Crippen LogP contribution in [0.3, 0.4) is 0 Å². The van der Waals surface area contributed by atoms with E-state index in [1.165, 1.54) is 81.9 Å². The molecule has 51 heavy (non-hydrogen) atoms. The fourth-order valence-electron chi connectivity index (χ4n) is 8.68. The molecule has 1 aromatic heterocycles. The third-order valence-corrected chi connectivity index (χ3v) is 10.9. The van der Waals surface area contributed by atoms with Crippen molar-refractivity contribution >= 4 is 75.8 Å². The highest BCUT2D eigenvalue weighted by atomic mass is 16.3. The Bertz CT molecular complexity index is 3130. The average molecular weight is 647 g/mol. The fraction of sp³-hybridized carbons (Fsp3) is 0. The summed E-state index contributed by atoms with van der Waals surface area (Å²) in [6, 6.07) is 66.3. The van der Waals surface area contributed by atoms with Crippen LogP contribution < -0.4 is 0 Å². The molecular formula is C50H30O. The van der Waals surface area contributed by atoms with Gasteiger partial charge in [0.25, 0.3) is 0 Å². The van der Waals surface area contributed by atoms with Gasteiger partial charge in [0.2, 0.25) is 0 Å². The first-order valence-electron chi connectivity index (χ1n) is 17.6. The zero-order valence-electron chi connectivity index (χ0n) is 27.7. The molecule has 0 saturated carbocycles. The van der Waals surface area contributed by atoms with Crippen LogP contribution in [0.1, 0.15) is 0 Å². The second kappa shape index (κ2) is 10.9. The van der Waals surface area contributed by atoms with Crippen molar-refractivity contribution in [3.8, 4) is 33.4 Å². The maximum atomic E-state index is 6.67. The monoisotopic (exact) mass is 646 g/mol. The molecular weight excluding hydrogens is 617 g/mol. The summed E-state index contributed by atoms with van der Waals surface area (Å²) in [5.74, 6) is 0. The average Bonchev–Trinajstić information content (AvgIpc) is 3.59. The quantitative estimate of drug-likeness (QED) is 0.174. The minimum atomic E-state index is 0.908. The Kier molecular flexibility index (Phi) is 6.02. The van der Waals surface area contributed by atoms with Gasteiger partial charge in [0.15, 0.2) is 0 Å². The van der Waals surface area contributed by atoms with Gasteiger partial charge in [-0.2, -0.15) is 0 Å². The minimum absolute atomic E-state index is 0.908. The lowest BCUT2D eigenvalue weighted by Gasteiger charge is -2.20. The molecule has 0 unspecified atom stereocenters.